The Morgan fingerprint density at radius 2 is 2.27 bits per heavy atom. The molecule has 0 bridgehead atoms. The van der Waals surface area contributed by atoms with Crippen molar-refractivity contribution in [1.82, 2.24) is 10.2 Å². The third-order valence-electron chi connectivity index (χ3n) is 3.14. The highest BCUT2D eigenvalue weighted by molar-refractivity contribution is 4.86. The second-order valence-corrected chi connectivity index (χ2v) is 4.69. The van der Waals surface area contributed by atoms with Crippen LogP contribution in [0.5, 0.6) is 0 Å². The van der Waals surface area contributed by atoms with Crippen molar-refractivity contribution < 1.29 is 0 Å². The second-order valence-electron chi connectivity index (χ2n) is 4.69. The fourth-order valence-corrected chi connectivity index (χ4v) is 2.13. The molecule has 0 aromatic carbocycles. The summed E-state index contributed by atoms with van der Waals surface area (Å²) in [5, 5.41) is 3.59. The van der Waals surface area contributed by atoms with Gasteiger partial charge < -0.3 is 5.32 Å². The Labute approximate surface area is 94.4 Å². The van der Waals surface area contributed by atoms with Crippen LogP contribution < -0.4 is 5.32 Å². The molecule has 0 aromatic rings. The lowest BCUT2D eigenvalue weighted by atomic mass is 10.0. The fourth-order valence-electron chi connectivity index (χ4n) is 2.13. The van der Waals surface area contributed by atoms with Gasteiger partial charge in [-0.25, -0.2) is 0 Å². The molecular formula is C13H24N2. The zero-order chi connectivity index (χ0) is 11.1. The molecule has 1 N–H and O–H groups in total. The van der Waals surface area contributed by atoms with Gasteiger partial charge in [0.05, 0.1) is 0 Å². The number of piperidine rings is 1. The molecule has 1 fully saturated rings. The SMILES string of the molecule is C#CCCN(CC1CCCCN1)C(C)C. The van der Waals surface area contributed by atoms with Crippen molar-refractivity contribution in [3.63, 3.8) is 0 Å². The molecule has 1 aliphatic heterocycles. The van der Waals surface area contributed by atoms with Crippen molar-refractivity contribution in [2.75, 3.05) is 19.6 Å². The van der Waals surface area contributed by atoms with Gasteiger partial charge in [0.15, 0.2) is 0 Å². The van der Waals surface area contributed by atoms with Gasteiger partial charge in [-0.05, 0) is 33.2 Å². The minimum atomic E-state index is 0.599. The van der Waals surface area contributed by atoms with E-state index >= 15 is 0 Å². The maximum Gasteiger partial charge on any atom is 0.0214 e. The Balaban J connectivity index is 2.32. The van der Waals surface area contributed by atoms with E-state index in [4.69, 9.17) is 6.42 Å². The molecule has 0 amide bonds. The van der Waals surface area contributed by atoms with E-state index in [1.54, 1.807) is 0 Å². The molecule has 0 spiro atoms. The molecule has 0 radical (unpaired) electrons. The summed E-state index contributed by atoms with van der Waals surface area (Å²) >= 11 is 0. The Bertz CT molecular complexity index is 199. The first-order chi connectivity index (χ1) is 7.24. The molecule has 86 valence electrons. The van der Waals surface area contributed by atoms with Crippen molar-refractivity contribution in [3.8, 4) is 12.3 Å². The molecule has 0 aromatic heterocycles. The summed E-state index contributed by atoms with van der Waals surface area (Å²) in [6.07, 6.45) is 10.2. The summed E-state index contributed by atoms with van der Waals surface area (Å²) in [7, 11) is 0. The van der Waals surface area contributed by atoms with E-state index in [9.17, 15) is 0 Å². The topological polar surface area (TPSA) is 15.3 Å². The first-order valence-electron chi connectivity index (χ1n) is 6.15. The number of hydrogen-bond donors (Lipinski definition) is 1. The van der Waals surface area contributed by atoms with Crippen LogP contribution in [0.15, 0.2) is 0 Å². The number of hydrogen-bond acceptors (Lipinski definition) is 2. The highest BCUT2D eigenvalue weighted by atomic mass is 15.2. The third-order valence-corrected chi connectivity index (χ3v) is 3.14. The van der Waals surface area contributed by atoms with Crippen molar-refractivity contribution in [3.05, 3.63) is 0 Å². The maximum atomic E-state index is 5.32. The lowest BCUT2D eigenvalue weighted by Crippen LogP contribution is -2.46. The molecular weight excluding hydrogens is 184 g/mol. The smallest absolute Gasteiger partial charge is 0.0214 e. The van der Waals surface area contributed by atoms with Gasteiger partial charge in [-0.1, -0.05) is 6.42 Å². The summed E-state index contributed by atoms with van der Waals surface area (Å²) in [4.78, 5) is 2.49. The van der Waals surface area contributed by atoms with Gasteiger partial charge in [0, 0.05) is 31.6 Å². The predicted octanol–water partition coefficient (Wildman–Crippen LogP) is 1.86. The van der Waals surface area contributed by atoms with Gasteiger partial charge in [0.2, 0.25) is 0 Å². The number of rotatable bonds is 5. The van der Waals surface area contributed by atoms with E-state index in [1.807, 2.05) is 0 Å². The first kappa shape index (κ1) is 12.5. The Hall–Kier alpha value is -0.520. The average molecular weight is 208 g/mol. The maximum absolute atomic E-state index is 5.32. The lowest BCUT2D eigenvalue weighted by Gasteiger charge is -2.32. The van der Waals surface area contributed by atoms with Crippen LogP contribution in [0.3, 0.4) is 0 Å². The normalized spacial score (nSPS) is 21.9. The van der Waals surface area contributed by atoms with E-state index in [0.717, 1.165) is 19.5 Å². The zero-order valence-corrected chi connectivity index (χ0v) is 10.1. The molecule has 1 unspecified atom stereocenters. The predicted molar refractivity (Wildman–Crippen MR) is 65.8 cm³/mol. The number of terminal acetylenes is 1. The van der Waals surface area contributed by atoms with Gasteiger partial charge in [0.1, 0.15) is 0 Å². The van der Waals surface area contributed by atoms with Crippen LogP contribution in [-0.2, 0) is 0 Å². The minimum absolute atomic E-state index is 0.599. The van der Waals surface area contributed by atoms with Crippen LogP contribution in [0.4, 0.5) is 0 Å². The third kappa shape index (κ3) is 4.68. The summed E-state index contributed by atoms with van der Waals surface area (Å²) < 4.78 is 0. The monoisotopic (exact) mass is 208 g/mol. The molecule has 0 saturated carbocycles. The van der Waals surface area contributed by atoms with Gasteiger partial charge in [-0.2, -0.15) is 0 Å². The quantitative estimate of drug-likeness (QED) is 0.694. The first-order valence-corrected chi connectivity index (χ1v) is 6.15. The molecule has 1 heterocycles. The van der Waals surface area contributed by atoms with Crippen LogP contribution in [0, 0.1) is 12.3 Å². The highest BCUT2D eigenvalue weighted by Crippen LogP contribution is 2.10. The van der Waals surface area contributed by atoms with Crippen molar-refractivity contribution in [2.24, 2.45) is 0 Å². The van der Waals surface area contributed by atoms with Crippen LogP contribution in [-0.4, -0.2) is 36.6 Å². The average Bonchev–Trinajstić information content (AvgIpc) is 2.25. The molecule has 2 heteroatoms. The van der Waals surface area contributed by atoms with Crippen molar-refractivity contribution in [2.45, 2.75) is 51.6 Å². The highest BCUT2D eigenvalue weighted by Gasteiger charge is 2.17. The molecule has 1 saturated heterocycles. The van der Waals surface area contributed by atoms with Crippen LogP contribution in [0.1, 0.15) is 39.5 Å². The van der Waals surface area contributed by atoms with E-state index in [2.05, 4.69) is 30.0 Å². The molecule has 1 rings (SSSR count). The Morgan fingerprint density at radius 1 is 1.47 bits per heavy atom. The van der Waals surface area contributed by atoms with Crippen LogP contribution in [0.2, 0.25) is 0 Å². The largest absolute Gasteiger partial charge is 0.313 e. The van der Waals surface area contributed by atoms with Gasteiger partial charge >= 0.3 is 0 Å². The van der Waals surface area contributed by atoms with Gasteiger partial charge in [-0.3, -0.25) is 4.90 Å². The summed E-state index contributed by atoms with van der Waals surface area (Å²) in [5.74, 6) is 2.73. The molecule has 2 nitrogen and oxygen atoms in total. The van der Waals surface area contributed by atoms with E-state index in [0.29, 0.717) is 12.1 Å². The lowest BCUT2D eigenvalue weighted by molar-refractivity contribution is 0.189. The number of nitrogens with one attached hydrogen (secondary N) is 1. The van der Waals surface area contributed by atoms with Crippen molar-refractivity contribution >= 4 is 0 Å². The molecule has 1 atom stereocenters. The van der Waals surface area contributed by atoms with Gasteiger partial charge in [-0.15, -0.1) is 12.3 Å². The van der Waals surface area contributed by atoms with E-state index in [-0.39, 0.29) is 0 Å². The summed E-state index contributed by atoms with van der Waals surface area (Å²) in [5.41, 5.74) is 0. The Morgan fingerprint density at radius 3 is 2.80 bits per heavy atom. The van der Waals surface area contributed by atoms with E-state index in [1.165, 1.54) is 25.8 Å². The zero-order valence-electron chi connectivity index (χ0n) is 10.1. The molecule has 0 aliphatic carbocycles. The van der Waals surface area contributed by atoms with Crippen LogP contribution in [0.25, 0.3) is 0 Å². The fraction of sp³-hybridized carbons (Fsp3) is 0.846. The minimum Gasteiger partial charge on any atom is -0.313 e. The van der Waals surface area contributed by atoms with Gasteiger partial charge in [0.25, 0.3) is 0 Å². The number of nitrogens with zero attached hydrogens (tertiary/aromatic N) is 1. The molecule has 15 heavy (non-hydrogen) atoms. The second kappa shape index (κ2) is 6.87. The van der Waals surface area contributed by atoms with E-state index < -0.39 is 0 Å². The van der Waals surface area contributed by atoms with Crippen LogP contribution >= 0.6 is 0 Å². The standard InChI is InChI=1S/C13H24N2/c1-4-5-10-15(12(2)3)11-13-8-6-7-9-14-13/h1,12-14H,5-11H2,2-3H3. The Kier molecular flexibility index (Phi) is 5.75. The summed E-state index contributed by atoms with van der Waals surface area (Å²) in [6, 6.07) is 1.28. The van der Waals surface area contributed by atoms with Crippen molar-refractivity contribution in [1.29, 1.82) is 0 Å². The summed E-state index contributed by atoms with van der Waals surface area (Å²) in [6.45, 7) is 7.87. The molecule has 1 aliphatic rings.